The van der Waals surface area contributed by atoms with Crippen molar-refractivity contribution < 1.29 is 4.79 Å². The van der Waals surface area contributed by atoms with Crippen molar-refractivity contribution >= 4 is 17.4 Å². The Morgan fingerprint density at radius 2 is 2.15 bits per heavy atom. The van der Waals surface area contributed by atoms with Gasteiger partial charge in [0.2, 0.25) is 11.6 Å². The molecule has 7 nitrogen and oxygen atoms in total. The number of likely N-dealkylation sites (tertiary alicyclic amines) is 1. The van der Waals surface area contributed by atoms with Crippen LogP contribution in [0, 0.1) is 0 Å². The van der Waals surface area contributed by atoms with Crippen LogP contribution < -0.4 is 5.32 Å². The monoisotopic (exact) mass is 274 g/mol. The first-order valence-electron chi connectivity index (χ1n) is 6.95. The molecule has 106 valence electrons. The van der Waals surface area contributed by atoms with E-state index >= 15 is 0 Å². The average Bonchev–Trinajstić information content (AvgIpc) is 2.97. The molecule has 1 N–H and O–H groups in total. The molecule has 1 amide bonds. The quantitative estimate of drug-likeness (QED) is 0.901. The predicted molar refractivity (Wildman–Crippen MR) is 74.3 cm³/mol. The standard InChI is InChI=1S/C13H18N6O/c1-10(13(20)18-6-3-2-4-7-18)16-11-12-17-15-9-19(12)8-5-14-11/h5,8-10H,2-4,6-7H2,1H3,(H,14,16). The number of nitrogens with one attached hydrogen (secondary N) is 1. The molecule has 0 spiro atoms. The summed E-state index contributed by atoms with van der Waals surface area (Å²) in [6, 6.07) is -0.316. The van der Waals surface area contributed by atoms with E-state index in [9.17, 15) is 4.79 Å². The lowest BCUT2D eigenvalue weighted by Crippen LogP contribution is -2.44. The Morgan fingerprint density at radius 3 is 2.95 bits per heavy atom. The Hall–Kier alpha value is -2.18. The van der Waals surface area contributed by atoms with Gasteiger partial charge in [0.1, 0.15) is 12.4 Å². The summed E-state index contributed by atoms with van der Waals surface area (Å²) in [5.74, 6) is 0.705. The number of amides is 1. The highest BCUT2D eigenvalue weighted by Gasteiger charge is 2.23. The van der Waals surface area contributed by atoms with Gasteiger partial charge in [0.25, 0.3) is 0 Å². The second-order valence-electron chi connectivity index (χ2n) is 5.09. The molecule has 7 heteroatoms. The van der Waals surface area contributed by atoms with Gasteiger partial charge in [-0.05, 0) is 26.2 Å². The van der Waals surface area contributed by atoms with Crippen molar-refractivity contribution in [1.82, 2.24) is 24.5 Å². The molecule has 1 aliphatic rings. The van der Waals surface area contributed by atoms with Crippen LogP contribution in [-0.4, -0.2) is 49.5 Å². The van der Waals surface area contributed by atoms with E-state index < -0.39 is 0 Å². The lowest BCUT2D eigenvalue weighted by molar-refractivity contribution is -0.132. The van der Waals surface area contributed by atoms with Gasteiger partial charge in [-0.15, -0.1) is 10.2 Å². The smallest absolute Gasteiger partial charge is 0.244 e. The van der Waals surface area contributed by atoms with Crippen LogP contribution in [0.1, 0.15) is 26.2 Å². The van der Waals surface area contributed by atoms with Crippen LogP contribution in [0.3, 0.4) is 0 Å². The molecule has 3 rings (SSSR count). The highest BCUT2D eigenvalue weighted by atomic mass is 16.2. The van der Waals surface area contributed by atoms with Crippen molar-refractivity contribution in [3.8, 4) is 0 Å². The number of fused-ring (bicyclic) bond motifs is 1. The molecule has 0 saturated carbocycles. The second kappa shape index (κ2) is 5.44. The van der Waals surface area contributed by atoms with Crippen molar-refractivity contribution in [2.24, 2.45) is 0 Å². The zero-order valence-electron chi connectivity index (χ0n) is 11.5. The second-order valence-corrected chi connectivity index (χ2v) is 5.09. The molecular formula is C13H18N6O. The molecule has 1 unspecified atom stereocenters. The minimum absolute atomic E-state index is 0.119. The highest BCUT2D eigenvalue weighted by Crippen LogP contribution is 2.14. The summed E-state index contributed by atoms with van der Waals surface area (Å²) in [5, 5.41) is 11.0. The third kappa shape index (κ3) is 2.43. The zero-order chi connectivity index (χ0) is 13.9. The van der Waals surface area contributed by atoms with E-state index in [1.54, 1.807) is 23.1 Å². The fraction of sp³-hybridized carbons (Fsp3) is 0.538. The van der Waals surface area contributed by atoms with Crippen molar-refractivity contribution in [1.29, 1.82) is 0 Å². The summed E-state index contributed by atoms with van der Waals surface area (Å²) in [5.41, 5.74) is 0.630. The molecular weight excluding hydrogens is 256 g/mol. The lowest BCUT2D eigenvalue weighted by Gasteiger charge is -2.29. The molecule has 0 aromatic carbocycles. The first-order chi connectivity index (χ1) is 9.75. The van der Waals surface area contributed by atoms with Crippen LogP contribution in [0.15, 0.2) is 18.7 Å². The number of hydrogen-bond acceptors (Lipinski definition) is 5. The van der Waals surface area contributed by atoms with E-state index in [1.807, 2.05) is 11.8 Å². The van der Waals surface area contributed by atoms with Crippen molar-refractivity contribution in [2.75, 3.05) is 18.4 Å². The van der Waals surface area contributed by atoms with E-state index in [0.29, 0.717) is 11.5 Å². The number of nitrogens with zero attached hydrogens (tertiary/aromatic N) is 5. The molecule has 2 aromatic heterocycles. The summed E-state index contributed by atoms with van der Waals surface area (Å²) >= 11 is 0. The van der Waals surface area contributed by atoms with E-state index in [0.717, 1.165) is 25.9 Å². The van der Waals surface area contributed by atoms with Crippen LogP contribution in [0.25, 0.3) is 5.65 Å². The van der Waals surface area contributed by atoms with Crippen molar-refractivity contribution in [3.63, 3.8) is 0 Å². The molecule has 0 radical (unpaired) electrons. The number of carbonyl (C=O) groups excluding carboxylic acids is 1. The molecule has 20 heavy (non-hydrogen) atoms. The summed E-state index contributed by atoms with van der Waals surface area (Å²) in [6.07, 6.45) is 8.45. The van der Waals surface area contributed by atoms with E-state index in [1.165, 1.54) is 6.42 Å². The number of hydrogen-bond donors (Lipinski definition) is 1. The van der Waals surface area contributed by atoms with Gasteiger partial charge in [-0.25, -0.2) is 4.98 Å². The molecule has 0 bridgehead atoms. The minimum Gasteiger partial charge on any atom is -0.355 e. The number of piperidine rings is 1. The molecule has 1 aliphatic heterocycles. The van der Waals surface area contributed by atoms with Gasteiger partial charge in [0.15, 0.2) is 5.82 Å². The number of carbonyl (C=O) groups is 1. The largest absolute Gasteiger partial charge is 0.355 e. The third-order valence-electron chi connectivity index (χ3n) is 3.61. The van der Waals surface area contributed by atoms with Gasteiger partial charge in [-0.3, -0.25) is 9.20 Å². The lowest BCUT2D eigenvalue weighted by atomic mass is 10.1. The van der Waals surface area contributed by atoms with Gasteiger partial charge in [-0.1, -0.05) is 0 Å². The van der Waals surface area contributed by atoms with Crippen molar-refractivity contribution in [3.05, 3.63) is 18.7 Å². The highest BCUT2D eigenvalue weighted by molar-refractivity contribution is 5.85. The molecule has 1 fully saturated rings. The van der Waals surface area contributed by atoms with E-state index in [2.05, 4.69) is 20.5 Å². The molecule has 1 atom stereocenters. The van der Waals surface area contributed by atoms with Crippen LogP contribution >= 0.6 is 0 Å². The van der Waals surface area contributed by atoms with Gasteiger partial charge in [-0.2, -0.15) is 0 Å². The van der Waals surface area contributed by atoms with Gasteiger partial charge < -0.3 is 10.2 Å². The minimum atomic E-state index is -0.316. The Labute approximate surface area is 117 Å². The molecule has 3 heterocycles. The van der Waals surface area contributed by atoms with Gasteiger partial charge >= 0.3 is 0 Å². The maximum Gasteiger partial charge on any atom is 0.244 e. The van der Waals surface area contributed by atoms with Gasteiger partial charge in [0, 0.05) is 25.5 Å². The molecule has 2 aromatic rings. The SMILES string of the molecule is CC(Nc1nccn2cnnc12)C(=O)N1CCCCC1. The van der Waals surface area contributed by atoms with E-state index in [4.69, 9.17) is 0 Å². The Morgan fingerprint density at radius 1 is 1.35 bits per heavy atom. The molecule has 1 saturated heterocycles. The average molecular weight is 274 g/mol. The maximum atomic E-state index is 12.4. The fourth-order valence-corrected chi connectivity index (χ4v) is 2.52. The maximum absolute atomic E-state index is 12.4. The van der Waals surface area contributed by atoms with Crippen LogP contribution in [0.2, 0.25) is 0 Å². The van der Waals surface area contributed by atoms with Crippen LogP contribution in [-0.2, 0) is 4.79 Å². The molecule has 0 aliphatic carbocycles. The summed E-state index contributed by atoms with van der Waals surface area (Å²) in [4.78, 5) is 18.5. The predicted octanol–water partition coefficient (Wildman–Crippen LogP) is 0.937. The topological polar surface area (TPSA) is 75.4 Å². The fourth-order valence-electron chi connectivity index (χ4n) is 2.52. The number of aromatic nitrogens is 4. The van der Waals surface area contributed by atoms with Gasteiger partial charge in [0.05, 0.1) is 0 Å². The Kier molecular flexibility index (Phi) is 3.49. The number of rotatable bonds is 3. The normalized spacial score (nSPS) is 17.1. The Balaban J connectivity index is 1.73. The zero-order valence-corrected chi connectivity index (χ0v) is 11.5. The van der Waals surface area contributed by atoms with Crippen LogP contribution in [0.5, 0.6) is 0 Å². The third-order valence-corrected chi connectivity index (χ3v) is 3.61. The van der Waals surface area contributed by atoms with Crippen molar-refractivity contribution in [2.45, 2.75) is 32.2 Å². The van der Waals surface area contributed by atoms with E-state index in [-0.39, 0.29) is 11.9 Å². The Bertz CT molecular complexity index is 604. The summed E-state index contributed by atoms with van der Waals surface area (Å²) in [7, 11) is 0. The first-order valence-corrected chi connectivity index (χ1v) is 6.95. The van der Waals surface area contributed by atoms with Crippen LogP contribution in [0.4, 0.5) is 5.82 Å². The number of anilines is 1. The summed E-state index contributed by atoms with van der Waals surface area (Å²) in [6.45, 7) is 3.57. The summed E-state index contributed by atoms with van der Waals surface area (Å²) < 4.78 is 1.77. The first kappa shape index (κ1) is 12.8.